The first-order valence-corrected chi connectivity index (χ1v) is 12.3. The van der Waals surface area contributed by atoms with Gasteiger partial charge in [-0.1, -0.05) is 35.5 Å². The molecule has 9 heteroatoms. The smallest absolute Gasteiger partial charge is 0.236 e. The van der Waals surface area contributed by atoms with Gasteiger partial charge in [-0.05, 0) is 44.9 Å². The monoisotopic (exact) mass is 479 g/mol. The zero-order valence-corrected chi connectivity index (χ0v) is 20.6. The number of carbonyl (C=O) groups excluding carboxylic acids is 1. The predicted octanol–water partition coefficient (Wildman–Crippen LogP) is 5.81. The van der Waals surface area contributed by atoms with E-state index in [9.17, 15) is 4.79 Å². The summed E-state index contributed by atoms with van der Waals surface area (Å²) in [5.74, 6) is 1.50. The Balaban J connectivity index is 1.44. The van der Waals surface area contributed by atoms with Crippen LogP contribution in [0.5, 0.6) is 0 Å². The van der Waals surface area contributed by atoms with Gasteiger partial charge in [0.15, 0.2) is 16.1 Å². The van der Waals surface area contributed by atoms with Gasteiger partial charge in [-0.15, -0.1) is 28.1 Å². The highest BCUT2D eigenvalue weighted by Crippen LogP contribution is 2.31. The van der Waals surface area contributed by atoms with Crippen LogP contribution in [0.4, 0.5) is 5.13 Å². The second kappa shape index (κ2) is 9.76. The number of hydrogen-bond acceptors (Lipinski definition) is 7. The maximum Gasteiger partial charge on any atom is 0.236 e. The molecule has 0 radical (unpaired) electrons. The Morgan fingerprint density at radius 1 is 1.24 bits per heavy atom. The molecular weight excluding hydrogens is 454 g/mol. The molecular formula is C24H25N5O2S2. The fourth-order valence-electron chi connectivity index (χ4n) is 3.82. The number of anilines is 1. The fraction of sp³-hybridized carbons (Fsp3) is 0.250. The van der Waals surface area contributed by atoms with Crippen LogP contribution in [-0.4, -0.2) is 31.4 Å². The van der Waals surface area contributed by atoms with Crippen LogP contribution in [0.2, 0.25) is 0 Å². The second-order valence-electron chi connectivity index (χ2n) is 7.74. The summed E-state index contributed by atoms with van der Waals surface area (Å²) in [6.45, 7) is 12.5. The number of nitrogens with one attached hydrogen (secondary N) is 1. The molecule has 0 bridgehead atoms. The highest BCUT2D eigenvalue weighted by molar-refractivity contribution is 7.99. The molecule has 3 heterocycles. The maximum absolute atomic E-state index is 12.6. The summed E-state index contributed by atoms with van der Waals surface area (Å²) in [5.41, 5.74) is 6.45. The van der Waals surface area contributed by atoms with E-state index >= 15 is 0 Å². The lowest BCUT2D eigenvalue weighted by Crippen LogP contribution is -2.14. The van der Waals surface area contributed by atoms with E-state index in [0.29, 0.717) is 22.7 Å². The lowest BCUT2D eigenvalue weighted by atomic mass is 9.98. The number of thiazole rings is 1. The first-order chi connectivity index (χ1) is 15.9. The van der Waals surface area contributed by atoms with Gasteiger partial charge in [0.1, 0.15) is 5.76 Å². The number of allylic oxidation sites excluding steroid dienone is 1. The van der Waals surface area contributed by atoms with Gasteiger partial charge in [0, 0.05) is 17.5 Å². The maximum atomic E-state index is 12.6. The normalized spacial score (nSPS) is 11.0. The molecule has 0 aliphatic rings. The number of aryl methyl sites for hydroxylation is 4. The topological polar surface area (TPSA) is 85.8 Å². The average molecular weight is 480 g/mol. The van der Waals surface area contributed by atoms with Gasteiger partial charge in [0.25, 0.3) is 0 Å². The Morgan fingerprint density at radius 3 is 2.67 bits per heavy atom. The number of rotatable bonds is 8. The Hall–Kier alpha value is -3.17. The van der Waals surface area contributed by atoms with E-state index in [2.05, 4.69) is 60.0 Å². The van der Waals surface area contributed by atoms with E-state index in [4.69, 9.17) is 4.42 Å². The lowest BCUT2D eigenvalue weighted by molar-refractivity contribution is -0.113. The van der Waals surface area contributed by atoms with Gasteiger partial charge in [0.2, 0.25) is 5.91 Å². The van der Waals surface area contributed by atoms with Gasteiger partial charge >= 0.3 is 0 Å². The molecule has 4 aromatic rings. The standard InChI is InChI=1S/C24H25N5O2S2/c1-6-8-29-22(18-7-9-31-17(18)5)27-28-24(29)33-13-20(30)26-23-25-19(12-32-23)21-15(3)10-14(2)11-16(21)4/h6-7,9-12H,1,8,13H2,2-5H3,(H,25,26,30). The van der Waals surface area contributed by atoms with Crippen LogP contribution in [0, 0.1) is 27.7 Å². The zero-order valence-electron chi connectivity index (χ0n) is 19.0. The van der Waals surface area contributed by atoms with E-state index in [0.717, 1.165) is 22.6 Å². The third-order valence-corrected chi connectivity index (χ3v) is 6.87. The average Bonchev–Trinajstić information content (AvgIpc) is 3.47. The van der Waals surface area contributed by atoms with Crippen molar-refractivity contribution in [1.82, 2.24) is 19.7 Å². The predicted molar refractivity (Wildman–Crippen MR) is 134 cm³/mol. The van der Waals surface area contributed by atoms with Crippen LogP contribution in [0.25, 0.3) is 22.6 Å². The first-order valence-electron chi connectivity index (χ1n) is 10.4. The van der Waals surface area contributed by atoms with Gasteiger partial charge in [-0.2, -0.15) is 0 Å². The van der Waals surface area contributed by atoms with Crippen molar-refractivity contribution in [1.29, 1.82) is 0 Å². The molecule has 0 saturated heterocycles. The fourth-order valence-corrected chi connectivity index (χ4v) is 5.29. The van der Waals surface area contributed by atoms with Crippen LogP contribution in [0.1, 0.15) is 22.5 Å². The van der Waals surface area contributed by atoms with Crippen molar-refractivity contribution in [3.8, 4) is 22.6 Å². The van der Waals surface area contributed by atoms with Gasteiger partial charge in [0.05, 0.1) is 23.3 Å². The molecule has 4 rings (SSSR count). The van der Waals surface area contributed by atoms with E-state index in [-0.39, 0.29) is 11.7 Å². The summed E-state index contributed by atoms with van der Waals surface area (Å²) >= 11 is 2.75. The molecule has 0 unspecified atom stereocenters. The molecule has 33 heavy (non-hydrogen) atoms. The first kappa shape index (κ1) is 23.0. The van der Waals surface area contributed by atoms with Crippen molar-refractivity contribution in [2.75, 3.05) is 11.1 Å². The summed E-state index contributed by atoms with van der Waals surface area (Å²) < 4.78 is 7.32. The molecule has 170 valence electrons. The highest BCUT2D eigenvalue weighted by atomic mass is 32.2. The van der Waals surface area contributed by atoms with E-state index < -0.39 is 0 Å². The van der Waals surface area contributed by atoms with Crippen molar-refractivity contribution in [2.45, 2.75) is 39.4 Å². The van der Waals surface area contributed by atoms with Crippen LogP contribution < -0.4 is 5.32 Å². The van der Waals surface area contributed by atoms with Crippen molar-refractivity contribution in [3.05, 3.63) is 64.9 Å². The summed E-state index contributed by atoms with van der Waals surface area (Å²) in [5, 5.41) is 14.7. The van der Waals surface area contributed by atoms with E-state index in [1.807, 2.05) is 22.9 Å². The number of thioether (sulfide) groups is 1. The number of carbonyl (C=O) groups is 1. The number of hydrogen-bond donors (Lipinski definition) is 1. The lowest BCUT2D eigenvalue weighted by Gasteiger charge is -2.09. The Morgan fingerprint density at radius 2 is 2.00 bits per heavy atom. The minimum Gasteiger partial charge on any atom is -0.469 e. The SMILES string of the molecule is C=CCn1c(SCC(=O)Nc2nc(-c3c(C)cc(C)cc3C)cs2)nnc1-c1ccoc1C. The van der Waals surface area contributed by atoms with Crippen LogP contribution in [0.3, 0.4) is 0 Å². The Bertz CT molecular complexity index is 1300. The number of aromatic nitrogens is 4. The van der Waals surface area contributed by atoms with Crippen molar-refractivity contribution in [3.63, 3.8) is 0 Å². The molecule has 0 saturated carbocycles. The Kier molecular flexibility index (Phi) is 6.80. The second-order valence-corrected chi connectivity index (χ2v) is 9.54. The zero-order chi connectivity index (χ0) is 23.5. The summed E-state index contributed by atoms with van der Waals surface area (Å²) in [6, 6.07) is 6.15. The molecule has 7 nitrogen and oxygen atoms in total. The molecule has 0 fully saturated rings. The number of benzene rings is 1. The van der Waals surface area contributed by atoms with E-state index in [1.54, 1.807) is 12.3 Å². The molecule has 1 N–H and O–H groups in total. The molecule has 0 spiro atoms. The van der Waals surface area contributed by atoms with Crippen molar-refractivity contribution in [2.24, 2.45) is 0 Å². The third kappa shape index (κ3) is 4.94. The van der Waals surface area contributed by atoms with Gasteiger partial charge < -0.3 is 9.73 Å². The Labute approximate surface area is 201 Å². The van der Waals surface area contributed by atoms with Crippen LogP contribution in [0.15, 0.2) is 52.1 Å². The molecule has 0 aliphatic heterocycles. The third-order valence-electron chi connectivity index (χ3n) is 5.14. The highest BCUT2D eigenvalue weighted by Gasteiger charge is 2.18. The molecule has 0 atom stereocenters. The minimum atomic E-state index is -0.146. The number of nitrogens with zero attached hydrogens (tertiary/aromatic N) is 4. The molecule has 0 aliphatic carbocycles. The molecule has 3 aromatic heterocycles. The summed E-state index contributed by atoms with van der Waals surface area (Å²) in [4.78, 5) is 17.3. The number of amides is 1. The van der Waals surface area contributed by atoms with Crippen molar-refractivity contribution >= 4 is 34.1 Å². The summed E-state index contributed by atoms with van der Waals surface area (Å²) in [6.07, 6.45) is 3.40. The quantitative estimate of drug-likeness (QED) is 0.253. The summed E-state index contributed by atoms with van der Waals surface area (Å²) in [7, 11) is 0. The minimum absolute atomic E-state index is 0.146. The largest absolute Gasteiger partial charge is 0.469 e. The molecule has 1 aromatic carbocycles. The van der Waals surface area contributed by atoms with Crippen molar-refractivity contribution < 1.29 is 9.21 Å². The van der Waals surface area contributed by atoms with Gasteiger partial charge in [-0.25, -0.2) is 4.98 Å². The van der Waals surface area contributed by atoms with Crippen LogP contribution >= 0.6 is 23.1 Å². The number of furan rings is 1. The van der Waals surface area contributed by atoms with E-state index in [1.165, 1.54) is 39.8 Å². The molecule has 1 amide bonds. The van der Waals surface area contributed by atoms with Gasteiger partial charge in [-0.3, -0.25) is 9.36 Å². The van der Waals surface area contributed by atoms with Crippen LogP contribution in [-0.2, 0) is 11.3 Å².